The number of ether oxygens (including phenoxy) is 4. The summed E-state index contributed by atoms with van der Waals surface area (Å²) in [6.45, 7) is -9.38. The molecule has 5 fully saturated rings. The molecule has 0 aromatic carbocycles. The molecule has 0 radical (unpaired) electrons. The molecule has 4 saturated heterocycles. The fraction of sp³-hybridized carbons (Fsp3) is 1.00. The summed E-state index contributed by atoms with van der Waals surface area (Å²) in [6.07, 6.45) is -56.6. The molecule has 26 N–H and O–H groups in total. The van der Waals surface area contributed by atoms with Crippen molar-refractivity contribution in [2.45, 2.75) is 150 Å². The zero-order valence-corrected chi connectivity index (χ0v) is 31.2. The Hall–Kier alpha value is -1.20. The lowest BCUT2D eigenvalue weighted by Gasteiger charge is -2.77. The van der Waals surface area contributed by atoms with Gasteiger partial charge in [0.1, 0.15) is 109 Å². The van der Waals surface area contributed by atoms with E-state index in [1.807, 2.05) is 0 Å². The van der Waals surface area contributed by atoms with Gasteiger partial charge in [-0.15, -0.1) is 0 Å². The van der Waals surface area contributed by atoms with Crippen molar-refractivity contribution in [2.24, 2.45) is 5.41 Å². The van der Waals surface area contributed by atoms with E-state index in [0.29, 0.717) is 0 Å². The van der Waals surface area contributed by atoms with Crippen LogP contribution in [0.15, 0.2) is 0 Å². The van der Waals surface area contributed by atoms with Crippen LogP contribution in [-0.4, -0.2) is 316 Å². The van der Waals surface area contributed by atoms with Gasteiger partial charge in [-0.1, -0.05) is 0 Å². The fourth-order valence-electron chi connectivity index (χ4n) is 9.80. The Morgan fingerprint density at radius 3 is 0.869 bits per heavy atom. The van der Waals surface area contributed by atoms with E-state index in [-0.39, 0.29) is 0 Å². The van der Waals surface area contributed by atoms with Crippen molar-refractivity contribution in [3.05, 3.63) is 0 Å². The molecule has 5 rings (SSSR count). The topological polar surface area (TPSA) is 563 Å². The molecule has 61 heavy (non-hydrogen) atoms. The molecule has 1 saturated carbocycles. The van der Waals surface area contributed by atoms with Gasteiger partial charge in [-0.25, -0.2) is 0 Å². The Morgan fingerprint density at radius 2 is 0.557 bits per heavy atom. The van der Waals surface area contributed by atoms with Crippen LogP contribution in [0.2, 0.25) is 0 Å². The van der Waals surface area contributed by atoms with E-state index in [9.17, 15) is 133 Å². The number of hydrogen-bond donors (Lipinski definition) is 26. The van der Waals surface area contributed by atoms with Gasteiger partial charge in [-0.2, -0.15) is 0 Å². The van der Waals surface area contributed by atoms with Crippen LogP contribution in [0, 0.1) is 5.41 Å². The number of rotatable bonds is 9. The van der Waals surface area contributed by atoms with E-state index in [4.69, 9.17) is 18.9 Å². The van der Waals surface area contributed by atoms with Crippen molar-refractivity contribution >= 4 is 0 Å². The normalized spacial score (nSPS) is 60.9. The van der Waals surface area contributed by atoms with Gasteiger partial charge in [0.25, 0.3) is 0 Å². The standard InChI is InChI=1S/C31H54O30/c32-1-6-10(37)14(41)18(45)26(52,58-6)24(5-36)22(49)23(50)25(51,27(53)19(46)15(42)11(38)7(2-33)59-27)31(57,29(55)21(48)17(44)13(40)9(4-35)61-29)30(24,56)28(54)20(47)16(43)12(39)8(3-34)60-28/h6-23,32-57H,1-5H2/t6-,7-,8-,9-,10+,11+,12+,13+,14+,15+,16+,17+,18-,19-,20-,21-,22+,23-,24+,25+,26+,27-,28-,29-,30+,31+/m1/s1. The van der Waals surface area contributed by atoms with Crippen molar-refractivity contribution in [1.82, 2.24) is 0 Å². The second-order valence-electron chi connectivity index (χ2n) is 16.1. The fourth-order valence-corrected chi connectivity index (χ4v) is 9.80. The molecule has 30 heteroatoms. The molecule has 4 aliphatic heterocycles. The second kappa shape index (κ2) is 16.3. The maximum Gasteiger partial charge on any atom is 0.231 e. The first-order valence-electron chi connectivity index (χ1n) is 18.3. The highest BCUT2D eigenvalue weighted by atomic mass is 16.7. The maximum absolute atomic E-state index is 13.7. The van der Waals surface area contributed by atoms with Crippen molar-refractivity contribution in [3.8, 4) is 0 Å². The third kappa shape index (κ3) is 5.80. The summed E-state index contributed by atoms with van der Waals surface area (Å²) < 4.78 is 20.5. The predicted octanol–water partition coefficient (Wildman–Crippen LogP) is -17.5. The van der Waals surface area contributed by atoms with Crippen LogP contribution < -0.4 is 0 Å². The van der Waals surface area contributed by atoms with Crippen LogP contribution in [0.1, 0.15) is 0 Å². The van der Waals surface area contributed by atoms with Crippen LogP contribution >= 0.6 is 0 Å². The Labute approximate surface area is 340 Å². The zero-order chi connectivity index (χ0) is 46.8. The molecular formula is C31H54O30. The summed E-state index contributed by atoms with van der Waals surface area (Å²) in [7, 11) is 0. The van der Waals surface area contributed by atoms with E-state index in [1.54, 1.807) is 0 Å². The molecule has 358 valence electrons. The van der Waals surface area contributed by atoms with Gasteiger partial charge in [0.05, 0.1) is 39.1 Å². The van der Waals surface area contributed by atoms with Gasteiger partial charge < -0.3 is 152 Å². The minimum Gasteiger partial charge on any atom is -0.395 e. The van der Waals surface area contributed by atoms with E-state index in [1.165, 1.54) is 0 Å². The molecule has 0 unspecified atom stereocenters. The average molecular weight is 907 g/mol. The Kier molecular flexibility index (Phi) is 13.6. The molecule has 30 nitrogen and oxygen atoms in total. The zero-order valence-electron chi connectivity index (χ0n) is 31.2. The molecule has 26 atom stereocenters. The first-order valence-corrected chi connectivity index (χ1v) is 18.3. The summed E-state index contributed by atoms with van der Waals surface area (Å²) in [5, 5.41) is 299. The van der Waals surface area contributed by atoms with E-state index in [0.717, 1.165) is 0 Å². The van der Waals surface area contributed by atoms with Crippen LogP contribution in [0.5, 0.6) is 0 Å². The maximum atomic E-state index is 13.7. The highest BCUT2D eigenvalue weighted by Crippen LogP contribution is 2.70. The minimum absolute atomic E-state index is 1.61. The van der Waals surface area contributed by atoms with Gasteiger partial charge in [0.2, 0.25) is 23.1 Å². The summed E-state index contributed by atoms with van der Waals surface area (Å²) >= 11 is 0. The molecule has 1 aliphatic carbocycles. The number of aliphatic hydroxyl groups excluding tert-OH is 19. The third-order valence-corrected chi connectivity index (χ3v) is 13.3. The number of hydrogen-bond acceptors (Lipinski definition) is 30. The van der Waals surface area contributed by atoms with E-state index >= 15 is 0 Å². The lowest BCUT2D eigenvalue weighted by Crippen LogP contribution is -3.04. The first-order chi connectivity index (χ1) is 28.0. The van der Waals surface area contributed by atoms with E-state index < -0.39 is 188 Å². The SMILES string of the molecule is OC[C@H]1O[C@](O)([C@]2(CO)[C@@H](O)[C@@H](O)[C@](O)([C@]3(O)O[C@H](CO)[C@H](O)[C@H](O)[C@H]3O)[C@](O)([C@]3(O)O[C@H](CO)[C@H](O)[C@H](O)[C@H]3O)[C@@]2(O)[C@]2(O)O[C@H](CO)[C@H](O)[C@H](O)[C@H]2O)[C@H](O)[C@@H](O)[C@H]1O. The summed E-state index contributed by atoms with van der Waals surface area (Å²) in [6, 6.07) is 0. The molecule has 0 aromatic rings. The van der Waals surface area contributed by atoms with Gasteiger partial charge in [-0.05, 0) is 0 Å². The second-order valence-corrected chi connectivity index (χ2v) is 16.1. The van der Waals surface area contributed by atoms with Crippen molar-refractivity contribution in [1.29, 1.82) is 0 Å². The van der Waals surface area contributed by atoms with Crippen LogP contribution in [0.25, 0.3) is 0 Å². The quantitative estimate of drug-likeness (QED) is 0.102. The lowest BCUT2D eigenvalue weighted by molar-refractivity contribution is -0.580. The van der Waals surface area contributed by atoms with E-state index in [2.05, 4.69) is 0 Å². The predicted molar refractivity (Wildman–Crippen MR) is 176 cm³/mol. The molecule has 0 aromatic heterocycles. The first kappa shape index (κ1) is 50.8. The summed E-state index contributed by atoms with van der Waals surface area (Å²) in [5.41, 5.74) is -22.0. The highest BCUT2D eigenvalue weighted by Gasteiger charge is 2.99. The third-order valence-electron chi connectivity index (χ3n) is 13.3. The molecular weight excluding hydrogens is 852 g/mol. The monoisotopic (exact) mass is 906 g/mol. The smallest absolute Gasteiger partial charge is 0.231 e. The summed E-state index contributed by atoms with van der Waals surface area (Å²) in [5.74, 6) is -20.0. The average Bonchev–Trinajstić information content (AvgIpc) is 3.24. The Bertz CT molecular complexity index is 1560. The molecule has 0 spiro atoms. The van der Waals surface area contributed by atoms with Crippen molar-refractivity contribution in [2.75, 3.05) is 33.0 Å². The highest BCUT2D eigenvalue weighted by molar-refractivity contribution is 5.42. The minimum atomic E-state index is -5.88. The molecule has 5 aliphatic rings. The molecule has 0 amide bonds. The van der Waals surface area contributed by atoms with Gasteiger partial charge in [-0.3, -0.25) is 0 Å². The van der Waals surface area contributed by atoms with Crippen molar-refractivity contribution < 1.29 is 152 Å². The van der Waals surface area contributed by atoms with Gasteiger partial charge in [0.15, 0.2) is 16.8 Å². The van der Waals surface area contributed by atoms with Crippen LogP contribution in [0.4, 0.5) is 0 Å². The van der Waals surface area contributed by atoms with Crippen molar-refractivity contribution in [3.63, 3.8) is 0 Å². The Morgan fingerprint density at radius 1 is 0.295 bits per heavy atom. The Balaban J connectivity index is 2.13. The largest absolute Gasteiger partial charge is 0.395 e. The van der Waals surface area contributed by atoms with Gasteiger partial charge in [0, 0.05) is 0 Å². The summed E-state index contributed by atoms with van der Waals surface area (Å²) in [4.78, 5) is 0. The molecule has 0 bridgehead atoms. The lowest BCUT2D eigenvalue weighted by atomic mass is 9.39. The van der Waals surface area contributed by atoms with Crippen LogP contribution in [-0.2, 0) is 18.9 Å². The van der Waals surface area contributed by atoms with Gasteiger partial charge >= 0.3 is 0 Å². The van der Waals surface area contributed by atoms with Crippen LogP contribution in [0.3, 0.4) is 0 Å². The number of aliphatic hydroxyl groups is 26. The molecule has 4 heterocycles.